The average molecular weight is 439 g/mol. The standard InChI is InChI=1S/C22H38N4O5/c1-21(2,3)26-14-16(11-18(26)28)19(29)25-9-7-15(8-10-25)12-23-17(27)13-24-20(30)31-22(4,5)6/h15-16H,7-14H2,1-6H3,(H,23,27)(H,24,30). The van der Waals surface area contributed by atoms with Crippen molar-refractivity contribution < 1.29 is 23.9 Å². The fourth-order valence-electron chi connectivity index (χ4n) is 3.92. The molecule has 2 saturated heterocycles. The van der Waals surface area contributed by atoms with Gasteiger partial charge in [0.25, 0.3) is 0 Å². The third-order valence-electron chi connectivity index (χ3n) is 5.59. The summed E-state index contributed by atoms with van der Waals surface area (Å²) in [5, 5.41) is 5.27. The Morgan fingerprint density at radius 3 is 2.16 bits per heavy atom. The van der Waals surface area contributed by atoms with E-state index in [9.17, 15) is 19.2 Å². The first-order valence-corrected chi connectivity index (χ1v) is 11.1. The van der Waals surface area contributed by atoms with Crippen molar-refractivity contribution in [2.75, 3.05) is 32.7 Å². The molecule has 176 valence electrons. The predicted octanol–water partition coefficient (Wildman–Crippen LogP) is 1.51. The summed E-state index contributed by atoms with van der Waals surface area (Å²) in [6.45, 7) is 13.4. The molecule has 1 atom stereocenters. The Labute approximate surface area is 185 Å². The van der Waals surface area contributed by atoms with E-state index < -0.39 is 11.7 Å². The number of ether oxygens (including phenoxy) is 1. The summed E-state index contributed by atoms with van der Waals surface area (Å²) in [4.78, 5) is 52.3. The molecule has 1 unspecified atom stereocenters. The highest BCUT2D eigenvalue weighted by molar-refractivity contribution is 5.89. The van der Waals surface area contributed by atoms with Crippen molar-refractivity contribution in [1.29, 1.82) is 0 Å². The molecule has 31 heavy (non-hydrogen) atoms. The highest BCUT2D eigenvalue weighted by Crippen LogP contribution is 2.28. The number of carbonyl (C=O) groups is 4. The van der Waals surface area contributed by atoms with Crippen LogP contribution < -0.4 is 10.6 Å². The summed E-state index contributed by atoms with van der Waals surface area (Å²) in [5.74, 6) is -0.142. The number of nitrogens with zero attached hydrogens (tertiary/aromatic N) is 2. The summed E-state index contributed by atoms with van der Waals surface area (Å²) in [5.41, 5.74) is -0.877. The van der Waals surface area contributed by atoms with E-state index in [0.717, 1.165) is 12.8 Å². The van der Waals surface area contributed by atoms with Crippen LogP contribution in [-0.2, 0) is 19.1 Å². The number of nitrogens with one attached hydrogen (secondary N) is 2. The van der Waals surface area contributed by atoms with Crippen LogP contribution >= 0.6 is 0 Å². The number of hydrogen-bond acceptors (Lipinski definition) is 5. The van der Waals surface area contributed by atoms with Crippen LogP contribution in [0.4, 0.5) is 4.79 Å². The Hall–Kier alpha value is -2.32. The summed E-state index contributed by atoms with van der Waals surface area (Å²) in [7, 11) is 0. The van der Waals surface area contributed by atoms with E-state index in [-0.39, 0.29) is 48.1 Å². The van der Waals surface area contributed by atoms with E-state index in [1.54, 1.807) is 25.7 Å². The second kappa shape index (κ2) is 9.87. The van der Waals surface area contributed by atoms with Gasteiger partial charge in [-0.2, -0.15) is 0 Å². The van der Waals surface area contributed by atoms with E-state index in [2.05, 4.69) is 10.6 Å². The van der Waals surface area contributed by atoms with Crippen molar-refractivity contribution in [3.63, 3.8) is 0 Å². The molecule has 2 heterocycles. The molecule has 9 nitrogen and oxygen atoms in total. The van der Waals surface area contributed by atoms with Gasteiger partial charge in [0.1, 0.15) is 5.60 Å². The molecule has 4 amide bonds. The third-order valence-corrected chi connectivity index (χ3v) is 5.59. The van der Waals surface area contributed by atoms with Crippen molar-refractivity contribution in [1.82, 2.24) is 20.4 Å². The van der Waals surface area contributed by atoms with Crippen molar-refractivity contribution in [3.05, 3.63) is 0 Å². The zero-order valence-corrected chi connectivity index (χ0v) is 19.7. The van der Waals surface area contributed by atoms with Crippen LogP contribution in [0, 0.1) is 11.8 Å². The maximum Gasteiger partial charge on any atom is 0.408 e. The lowest BCUT2D eigenvalue weighted by Gasteiger charge is -2.34. The zero-order valence-electron chi connectivity index (χ0n) is 19.7. The first-order chi connectivity index (χ1) is 14.3. The van der Waals surface area contributed by atoms with E-state index in [1.807, 2.05) is 25.7 Å². The highest BCUT2D eigenvalue weighted by atomic mass is 16.6. The third kappa shape index (κ3) is 7.70. The van der Waals surface area contributed by atoms with E-state index in [0.29, 0.717) is 26.2 Å². The maximum atomic E-state index is 12.9. The van der Waals surface area contributed by atoms with E-state index >= 15 is 0 Å². The van der Waals surface area contributed by atoms with Crippen LogP contribution in [0.25, 0.3) is 0 Å². The fourth-order valence-corrected chi connectivity index (χ4v) is 3.92. The fraction of sp³-hybridized carbons (Fsp3) is 0.818. The van der Waals surface area contributed by atoms with Gasteiger partial charge in [-0.1, -0.05) is 0 Å². The normalized spacial score (nSPS) is 20.6. The number of likely N-dealkylation sites (tertiary alicyclic amines) is 2. The van der Waals surface area contributed by atoms with Crippen LogP contribution in [0.5, 0.6) is 0 Å². The zero-order chi connectivity index (χ0) is 23.4. The second-order valence-corrected chi connectivity index (χ2v) is 10.5. The molecule has 0 radical (unpaired) electrons. The minimum Gasteiger partial charge on any atom is -0.444 e. The van der Waals surface area contributed by atoms with Crippen LogP contribution in [-0.4, -0.2) is 77.5 Å². The quantitative estimate of drug-likeness (QED) is 0.677. The number of amides is 4. The van der Waals surface area contributed by atoms with Gasteiger partial charge < -0.3 is 25.2 Å². The summed E-state index contributed by atoms with van der Waals surface area (Å²) < 4.78 is 5.10. The molecule has 0 aromatic rings. The monoisotopic (exact) mass is 438 g/mol. The molecule has 2 N–H and O–H groups in total. The second-order valence-electron chi connectivity index (χ2n) is 10.5. The van der Waals surface area contributed by atoms with Crippen molar-refractivity contribution in [2.45, 2.75) is 71.9 Å². The Morgan fingerprint density at radius 1 is 1.03 bits per heavy atom. The van der Waals surface area contributed by atoms with Gasteiger partial charge in [0.15, 0.2) is 0 Å². The molecule has 0 saturated carbocycles. The maximum absolute atomic E-state index is 12.9. The molecule has 0 bridgehead atoms. The molecule has 0 aliphatic carbocycles. The number of piperidine rings is 1. The SMILES string of the molecule is CC(C)(C)OC(=O)NCC(=O)NCC1CCN(C(=O)C2CC(=O)N(C(C)(C)C)C2)CC1. The minimum absolute atomic E-state index is 0.0449. The van der Waals surface area contributed by atoms with E-state index in [4.69, 9.17) is 4.74 Å². The molecule has 2 rings (SSSR count). The minimum atomic E-state index is -0.620. The molecule has 2 aliphatic heterocycles. The van der Waals surface area contributed by atoms with Crippen LogP contribution in [0.15, 0.2) is 0 Å². The van der Waals surface area contributed by atoms with Gasteiger partial charge in [-0.25, -0.2) is 4.79 Å². The van der Waals surface area contributed by atoms with Gasteiger partial charge in [-0.15, -0.1) is 0 Å². The highest BCUT2D eigenvalue weighted by Gasteiger charge is 2.41. The molecule has 0 spiro atoms. The Balaban J connectivity index is 1.68. The van der Waals surface area contributed by atoms with Gasteiger partial charge in [0.05, 0.1) is 12.5 Å². The summed E-state index contributed by atoms with van der Waals surface area (Å²) in [6.07, 6.45) is 1.27. The molecule has 2 aliphatic rings. The number of hydrogen-bond donors (Lipinski definition) is 2. The smallest absolute Gasteiger partial charge is 0.408 e. The Morgan fingerprint density at radius 2 is 1.65 bits per heavy atom. The first kappa shape index (κ1) is 24.9. The van der Waals surface area contributed by atoms with Crippen molar-refractivity contribution in [3.8, 4) is 0 Å². The molecule has 9 heteroatoms. The predicted molar refractivity (Wildman–Crippen MR) is 116 cm³/mol. The van der Waals surface area contributed by atoms with Crippen LogP contribution in [0.2, 0.25) is 0 Å². The van der Waals surface area contributed by atoms with Gasteiger partial charge in [0, 0.05) is 38.1 Å². The first-order valence-electron chi connectivity index (χ1n) is 11.1. The van der Waals surface area contributed by atoms with E-state index in [1.165, 1.54) is 0 Å². The van der Waals surface area contributed by atoms with Gasteiger partial charge in [-0.3, -0.25) is 14.4 Å². The lowest BCUT2D eigenvalue weighted by atomic mass is 9.95. The molecular formula is C22H38N4O5. The van der Waals surface area contributed by atoms with Crippen LogP contribution in [0.3, 0.4) is 0 Å². The molecular weight excluding hydrogens is 400 g/mol. The van der Waals surface area contributed by atoms with Crippen molar-refractivity contribution >= 4 is 23.8 Å². The lowest BCUT2D eigenvalue weighted by molar-refractivity contribution is -0.137. The Kier molecular flexibility index (Phi) is 7.94. The molecule has 2 fully saturated rings. The van der Waals surface area contributed by atoms with Crippen molar-refractivity contribution in [2.24, 2.45) is 11.8 Å². The number of carbonyl (C=O) groups excluding carboxylic acids is 4. The molecule has 0 aromatic heterocycles. The summed E-state index contributed by atoms with van der Waals surface area (Å²) >= 11 is 0. The van der Waals surface area contributed by atoms with Crippen LogP contribution in [0.1, 0.15) is 60.8 Å². The average Bonchev–Trinajstić information content (AvgIpc) is 3.05. The topological polar surface area (TPSA) is 108 Å². The number of alkyl carbamates (subject to hydrolysis) is 1. The lowest BCUT2D eigenvalue weighted by Crippen LogP contribution is -2.46. The largest absolute Gasteiger partial charge is 0.444 e. The van der Waals surface area contributed by atoms with Gasteiger partial charge in [-0.05, 0) is 60.3 Å². The number of rotatable bonds is 5. The summed E-state index contributed by atoms with van der Waals surface area (Å²) in [6, 6.07) is 0. The van der Waals surface area contributed by atoms with Gasteiger partial charge >= 0.3 is 6.09 Å². The Bertz CT molecular complexity index is 687. The van der Waals surface area contributed by atoms with Gasteiger partial charge in [0.2, 0.25) is 17.7 Å². The molecule has 0 aromatic carbocycles.